The lowest BCUT2D eigenvalue weighted by molar-refractivity contribution is 0.441. The molecular formula is C12H12N2O2. The minimum atomic E-state index is -0.358. The lowest BCUT2D eigenvalue weighted by Gasteiger charge is -2.06. The summed E-state index contributed by atoms with van der Waals surface area (Å²) in [6, 6.07) is 5.45. The van der Waals surface area contributed by atoms with Gasteiger partial charge >= 0.3 is 5.69 Å². The Balaban J connectivity index is 2.62. The van der Waals surface area contributed by atoms with Crippen LogP contribution in [-0.2, 0) is 0 Å². The van der Waals surface area contributed by atoms with Crippen LogP contribution in [0.25, 0.3) is 11.8 Å². The maximum atomic E-state index is 11.4. The molecule has 1 aromatic carbocycles. The maximum absolute atomic E-state index is 11.4. The summed E-state index contributed by atoms with van der Waals surface area (Å²) >= 11 is 0. The minimum absolute atomic E-state index is 0.101. The largest absolute Gasteiger partial charge is 0.493 e. The first-order valence-corrected chi connectivity index (χ1v) is 4.86. The van der Waals surface area contributed by atoms with Crippen LogP contribution in [0.15, 0.2) is 35.8 Å². The number of aryl methyl sites for hydroxylation is 1. The maximum Gasteiger partial charge on any atom is 0.333 e. The molecule has 0 saturated carbocycles. The molecule has 0 saturated heterocycles. The van der Waals surface area contributed by atoms with Gasteiger partial charge in [-0.25, -0.2) is 9.36 Å². The zero-order chi connectivity index (χ0) is 11.7. The first-order chi connectivity index (χ1) is 7.63. The number of aromatic amines is 1. The summed E-state index contributed by atoms with van der Waals surface area (Å²) in [6.45, 7) is 5.62. The number of hydrogen-bond acceptors (Lipinski definition) is 2. The third kappa shape index (κ3) is 1.54. The van der Waals surface area contributed by atoms with Gasteiger partial charge in [0.2, 0.25) is 5.88 Å². The second-order valence-electron chi connectivity index (χ2n) is 3.53. The van der Waals surface area contributed by atoms with Crippen molar-refractivity contribution in [1.29, 1.82) is 0 Å². The van der Waals surface area contributed by atoms with Crippen LogP contribution in [0.2, 0.25) is 0 Å². The van der Waals surface area contributed by atoms with E-state index in [9.17, 15) is 9.90 Å². The standard InChI is InChI=1S/C12H12N2O2/c1-3-9-4-5-10(6-8(9)2)14-11(15)7-13-12(14)16/h3-7,15H,1H2,2H3,(H,13,16). The zero-order valence-corrected chi connectivity index (χ0v) is 8.90. The Bertz CT molecular complexity index is 593. The Kier molecular flexibility index (Phi) is 2.40. The molecule has 0 fully saturated rings. The molecule has 0 bridgehead atoms. The van der Waals surface area contributed by atoms with E-state index >= 15 is 0 Å². The molecule has 0 atom stereocenters. The van der Waals surface area contributed by atoms with E-state index in [0.717, 1.165) is 11.1 Å². The highest BCUT2D eigenvalue weighted by Gasteiger charge is 2.07. The van der Waals surface area contributed by atoms with E-state index in [4.69, 9.17) is 0 Å². The number of aromatic hydroxyl groups is 1. The lowest BCUT2D eigenvalue weighted by Crippen LogP contribution is -2.14. The molecule has 0 aliphatic heterocycles. The number of rotatable bonds is 2. The predicted molar refractivity (Wildman–Crippen MR) is 62.9 cm³/mol. The van der Waals surface area contributed by atoms with E-state index in [1.807, 2.05) is 19.1 Å². The molecule has 0 spiro atoms. The van der Waals surface area contributed by atoms with Gasteiger partial charge in [0.05, 0.1) is 11.9 Å². The Hall–Kier alpha value is -2.23. The molecule has 0 aliphatic rings. The Morgan fingerprint density at radius 3 is 2.75 bits per heavy atom. The van der Waals surface area contributed by atoms with Crippen LogP contribution in [0, 0.1) is 6.92 Å². The van der Waals surface area contributed by atoms with Gasteiger partial charge in [0.25, 0.3) is 0 Å². The molecule has 2 rings (SSSR count). The minimum Gasteiger partial charge on any atom is -0.493 e. The normalized spacial score (nSPS) is 10.3. The first kappa shape index (κ1) is 10.3. The Morgan fingerprint density at radius 1 is 1.50 bits per heavy atom. The van der Waals surface area contributed by atoms with Crippen molar-refractivity contribution >= 4 is 6.08 Å². The van der Waals surface area contributed by atoms with Crippen LogP contribution < -0.4 is 5.69 Å². The summed E-state index contributed by atoms with van der Waals surface area (Å²) in [5, 5.41) is 9.51. The van der Waals surface area contributed by atoms with Crippen LogP contribution >= 0.6 is 0 Å². The summed E-state index contributed by atoms with van der Waals surface area (Å²) in [5.74, 6) is -0.101. The first-order valence-electron chi connectivity index (χ1n) is 4.86. The summed E-state index contributed by atoms with van der Waals surface area (Å²) in [6.07, 6.45) is 3.01. The summed E-state index contributed by atoms with van der Waals surface area (Å²) < 4.78 is 1.21. The van der Waals surface area contributed by atoms with Crippen molar-refractivity contribution in [2.45, 2.75) is 6.92 Å². The van der Waals surface area contributed by atoms with Crippen molar-refractivity contribution in [1.82, 2.24) is 9.55 Å². The number of imidazole rings is 1. The second-order valence-corrected chi connectivity index (χ2v) is 3.53. The fourth-order valence-corrected chi connectivity index (χ4v) is 1.64. The number of aromatic nitrogens is 2. The Morgan fingerprint density at radius 2 is 2.25 bits per heavy atom. The average molecular weight is 216 g/mol. The number of nitrogens with one attached hydrogen (secondary N) is 1. The highest BCUT2D eigenvalue weighted by molar-refractivity contribution is 5.55. The smallest absolute Gasteiger partial charge is 0.333 e. The van der Waals surface area contributed by atoms with Crippen molar-refractivity contribution in [2.75, 3.05) is 0 Å². The molecule has 4 heteroatoms. The topological polar surface area (TPSA) is 58.0 Å². The van der Waals surface area contributed by atoms with Crippen LogP contribution in [0.1, 0.15) is 11.1 Å². The molecule has 2 aromatic rings. The molecule has 2 N–H and O–H groups in total. The quantitative estimate of drug-likeness (QED) is 0.804. The molecule has 4 nitrogen and oxygen atoms in total. The van der Waals surface area contributed by atoms with E-state index in [0.29, 0.717) is 5.69 Å². The highest BCUT2D eigenvalue weighted by Crippen LogP contribution is 2.17. The molecule has 0 amide bonds. The monoisotopic (exact) mass is 216 g/mol. The van der Waals surface area contributed by atoms with E-state index in [2.05, 4.69) is 11.6 Å². The SMILES string of the molecule is C=Cc1ccc(-n2c(O)c[nH]c2=O)cc1C. The van der Waals surface area contributed by atoms with Crippen LogP contribution in [-0.4, -0.2) is 14.7 Å². The third-order valence-electron chi connectivity index (χ3n) is 2.49. The number of hydrogen-bond donors (Lipinski definition) is 2. The predicted octanol–water partition coefficient (Wildman–Crippen LogP) is 1.82. The van der Waals surface area contributed by atoms with Gasteiger partial charge < -0.3 is 10.1 Å². The molecule has 0 aliphatic carbocycles. The van der Waals surface area contributed by atoms with Gasteiger partial charge in [-0.1, -0.05) is 18.7 Å². The second kappa shape index (κ2) is 3.73. The van der Waals surface area contributed by atoms with Gasteiger partial charge in [0.15, 0.2) is 0 Å². The van der Waals surface area contributed by atoms with Gasteiger partial charge in [0, 0.05) is 0 Å². The summed E-state index contributed by atoms with van der Waals surface area (Å²) in [7, 11) is 0. The van der Waals surface area contributed by atoms with Gasteiger partial charge in [-0.2, -0.15) is 0 Å². The molecule has 0 radical (unpaired) electrons. The van der Waals surface area contributed by atoms with E-state index < -0.39 is 0 Å². The van der Waals surface area contributed by atoms with Crippen LogP contribution in [0.3, 0.4) is 0 Å². The number of benzene rings is 1. The summed E-state index contributed by atoms with van der Waals surface area (Å²) in [4.78, 5) is 13.9. The van der Waals surface area contributed by atoms with E-state index in [1.165, 1.54) is 10.8 Å². The number of H-pyrrole nitrogens is 1. The zero-order valence-electron chi connectivity index (χ0n) is 8.90. The number of nitrogens with zero attached hydrogens (tertiary/aromatic N) is 1. The van der Waals surface area contributed by atoms with Crippen molar-refractivity contribution in [3.05, 3.63) is 52.6 Å². The van der Waals surface area contributed by atoms with Crippen molar-refractivity contribution in [3.8, 4) is 11.6 Å². The average Bonchev–Trinajstić information content (AvgIpc) is 2.58. The molecule has 16 heavy (non-hydrogen) atoms. The fraction of sp³-hybridized carbons (Fsp3) is 0.0833. The van der Waals surface area contributed by atoms with E-state index in [-0.39, 0.29) is 11.6 Å². The van der Waals surface area contributed by atoms with Crippen LogP contribution in [0.5, 0.6) is 5.88 Å². The summed E-state index contributed by atoms with van der Waals surface area (Å²) in [5.41, 5.74) is 2.28. The van der Waals surface area contributed by atoms with Crippen molar-refractivity contribution < 1.29 is 5.11 Å². The molecular weight excluding hydrogens is 204 g/mol. The van der Waals surface area contributed by atoms with Gasteiger partial charge in [-0.05, 0) is 30.2 Å². The van der Waals surface area contributed by atoms with Crippen molar-refractivity contribution in [3.63, 3.8) is 0 Å². The molecule has 0 unspecified atom stereocenters. The fourth-order valence-electron chi connectivity index (χ4n) is 1.64. The Labute approximate surface area is 92.5 Å². The highest BCUT2D eigenvalue weighted by atomic mass is 16.3. The molecule has 82 valence electrons. The third-order valence-corrected chi connectivity index (χ3v) is 2.49. The van der Waals surface area contributed by atoms with E-state index in [1.54, 1.807) is 12.1 Å². The van der Waals surface area contributed by atoms with Gasteiger partial charge in [0.1, 0.15) is 0 Å². The van der Waals surface area contributed by atoms with Gasteiger partial charge in [-0.3, -0.25) is 0 Å². The van der Waals surface area contributed by atoms with Crippen LogP contribution in [0.4, 0.5) is 0 Å². The lowest BCUT2D eigenvalue weighted by atomic mass is 10.1. The van der Waals surface area contributed by atoms with Gasteiger partial charge in [-0.15, -0.1) is 0 Å². The molecule has 1 heterocycles. The molecule has 1 aromatic heterocycles. The van der Waals surface area contributed by atoms with Crippen molar-refractivity contribution in [2.24, 2.45) is 0 Å².